The molecule has 1 aromatic heterocycles. The van der Waals surface area contributed by atoms with Gasteiger partial charge in [-0.05, 0) is 84.7 Å². The first-order valence-electron chi connectivity index (χ1n) is 17.0. The second kappa shape index (κ2) is 14.3. The maximum Gasteiger partial charge on any atom is 0.323 e. The van der Waals surface area contributed by atoms with Crippen LogP contribution in [0.4, 0.5) is 21.9 Å². The summed E-state index contributed by atoms with van der Waals surface area (Å²) >= 11 is 0. The second-order valence-electron chi connectivity index (χ2n) is 13.8. The molecule has 5 N–H and O–H groups in total. The van der Waals surface area contributed by atoms with E-state index in [2.05, 4.69) is 30.5 Å². The number of phenols is 2. The van der Waals surface area contributed by atoms with Crippen LogP contribution in [0.1, 0.15) is 56.6 Å². The number of urea groups is 1. The molecule has 4 aromatic rings. The molecule has 6 rings (SSSR count). The highest BCUT2D eigenvalue weighted by atomic mass is 32.2. The van der Waals surface area contributed by atoms with Crippen LogP contribution < -0.4 is 24.8 Å². The number of hydrogen-bond acceptors (Lipinski definition) is 10. The fourth-order valence-electron chi connectivity index (χ4n) is 6.48. The molecule has 2 heterocycles. The fraction of sp³-hybridized carbons (Fsp3) is 0.417. The summed E-state index contributed by atoms with van der Waals surface area (Å²) in [5, 5.41) is 34.5. The molecular formula is C36H45N7O7S. The largest absolute Gasteiger partial charge is 0.508 e. The van der Waals surface area contributed by atoms with Gasteiger partial charge >= 0.3 is 6.03 Å². The average molecular weight is 720 g/mol. The van der Waals surface area contributed by atoms with Gasteiger partial charge in [0.15, 0.2) is 11.6 Å². The Morgan fingerprint density at radius 3 is 2.43 bits per heavy atom. The Labute approximate surface area is 297 Å². The van der Waals surface area contributed by atoms with Crippen molar-refractivity contribution in [2.24, 2.45) is 0 Å². The van der Waals surface area contributed by atoms with E-state index in [0.29, 0.717) is 49.0 Å². The van der Waals surface area contributed by atoms with Gasteiger partial charge in [0.2, 0.25) is 10.0 Å². The third-order valence-corrected chi connectivity index (χ3v) is 10.6. The van der Waals surface area contributed by atoms with Gasteiger partial charge in [0.25, 0.3) is 0 Å². The topological polar surface area (TPSA) is 180 Å². The van der Waals surface area contributed by atoms with E-state index in [1.165, 1.54) is 19.2 Å². The van der Waals surface area contributed by atoms with E-state index in [1.807, 2.05) is 37.5 Å². The van der Waals surface area contributed by atoms with Gasteiger partial charge in [-0.1, -0.05) is 20.8 Å². The highest BCUT2D eigenvalue weighted by molar-refractivity contribution is 7.92. The Bertz CT molecular complexity index is 2060. The Kier molecular flexibility index (Phi) is 10.0. The van der Waals surface area contributed by atoms with Gasteiger partial charge in [0, 0.05) is 31.4 Å². The molecule has 0 saturated carbocycles. The zero-order chi connectivity index (χ0) is 36.5. The summed E-state index contributed by atoms with van der Waals surface area (Å²) in [6.07, 6.45) is 2.58. The van der Waals surface area contributed by atoms with Crippen LogP contribution in [0.5, 0.6) is 23.0 Å². The first kappa shape index (κ1) is 35.8. The molecule has 0 atom stereocenters. The van der Waals surface area contributed by atoms with Crippen LogP contribution in [0.3, 0.4) is 0 Å². The minimum absolute atomic E-state index is 0.0153. The van der Waals surface area contributed by atoms with Gasteiger partial charge in [-0.25, -0.2) is 13.2 Å². The van der Waals surface area contributed by atoms with Crippen molar-refractivity contribution in [3.05, 3.63) is 65.0 Å². The number of amides is 2. The summed E-state index contributed by atoms with van der Waals surface area (Å²) in [5.41, 5.74) is 4.41. The number of methoxy groups -OCH3 is 1. The average Bonchev–Trinajstić information content (AvgIpc) is 3.73. The summed E-state index contributed by atoms with van der Waals surface area (Å²) in [6, 6.07) is 11.2. The lowest BCUT2D eigenvalue weighted by molar-refractivity contribution is 0.174. The van der Waals surface area contributed by atoms with Crippen LogP contribution in [0.25, 0.3) is 11.4 Å². The summed E-state index contributed by atoms with van der Waals surface area (Å²) in [4.78, 5) is 15.7. The van der Waals surface area contributed by atoms with Gasteiger partial charge in [0.1, 0.15) is 29.7 Å². The van der Waals surface area contributed by atoms with Crippen LogP contribution in [0.2, 0.25) is 0 Å². The van der Waals surface area contributed by atoms with Gasteiger partial charge in [0.05, 0.1) is 36.3 Å². The van der Waals surface area contributed by atoms with Gasteiger partial charge in [-0.3, -0.25) is 9.62 Å². The third-order valence-electron chi connectivity index (χ3n) is 9.26. The molecule has 51 heavy (non-hydrogen) atoms. The molecule has 0 spiro atoms. The number of hydrogen-bond donors (Lipinski definition) is 5. The summed E-state index contributed by atoms with van der Waals surface area (Å²) in [6.45, 7) is 10.7. The maximum atomic E-state index is 13.4. The lowest BCUT2D eigenvalue weighted by atomic mass is 9.86. The van der Waals surface area contributed by atoms with Crippen LogP contribution in [-0.2, 0) is 41.4 Å². The molecule has 0 saturated heterocycles. The molecule has 15 heteroatoms. The van der Waals surface area contributed by atoms with Crippen molar-refractivity contribution in [1.29, 1.82) is 0 Å². The number of nitrogens with zero attached hydrogens (tertiary/aromatic N) is 4. The van der Waals surface area contributed by atoms with Gasteiger partial charge in [-0.2, -0.15) is 0 Å². The van der Waals surface area contributed by atoms with Crippen LogP contribution in [0, 0.1) is 0 Å². The fourth-order valence-corrected chi connectivity index (χ4v) is 7.11. The van der Waals surface area contributed by atoms with E-state index in [-0.39, 0.29) is 34.1 Å². The maximum absolute atomic E-state index is 13.4. The number of fused-ring (bicyclic) bond motifs is 2. The number of aromatic nitrogens is 3. The van der Waals surface area contributed by atoms with E-state index >= 15 is 0 Å². The normalized spacial score (nSPS) is 14.5. The van der Waals surface area contributed by atoms with E-state index < -0.39 is 16.1 Å². The lowest BCUT2D eigenvalue weighted by Crippen LogP contribution is -2.36. The Morgan fingerprint density at radius 2 is 1.71 bits per heavy atom. The molecule has 2 amide bonds. The zero-order valence-corrected chi connectivity index (χ0v) is 30.4. The molecule has 0 unspecified atom stereocenters. The number of sulfonamides is 1. The van der Waals surface area contributed by atoms with Crippen molar-refractivity contribution in [3.63, 3.8) is 0 Å². The number of nitrogens with one attached hydrogen (secondary N) is 3. The highest BCUT2D eigenvalue weighted by Gasteiger charge is 2.26. The van der Waals surface area contributed by atoms with E-state index in [1.54, 1.807) is 25.1 Å². The number of rotatable bonds is 11. The molecule has 1 aliphatic heterocycles. The second-order valence-corrected chi connectivity index (χ2v) is 15.8. The van der Waals surface area contributed by atoms with E-state index in [4.69, 9.17) is 9.47 Å². The third kappa shape index (κ3) is 7.84. The van der Waals surface area contributed by atoms with Crippen molar-refractivity contribution >= 4 is 33.1 Å². The smallest absolute Gasteiger partial charge is 0.323 e. The number of carbonyl (C=O) groups excluding carboxylic acids is 1. The molecule has 3 aromatic carbocycles. The number of anilines is 3. The van der Waals surface area contributed by atoms with E-state index in [0.717, 1.165) is 54.1 Å². The zero-order valence-electron chi connectivity index (χ0n) is 29.5. The number of phenolic OH excluding ortho intramolecular Hbond substituents is 2. The number of aromatic hydroxyl groups is 2. The molecular weight excluding hydrogens is 675 g/mol. The monoisotopic (exact) mass is 719 g/mol. The lowest BCUT2D eigenvalue weighted by Gasteiger charge is -2.27. The van der Waals surface area contributed by atoms with Crippen molar-refractivity contribution in [1.82, 2.24) is 19.7 Å². The van der Waals surface area contributed by atoms with E-state index in [9.17, 15) is 23.4 Å². The van der Waals surface area contributed by atoms with Gasteiger partial charge < -0.3 is 34.9 Å². The van der Waals surface area contributed by atoms with Crippen molar-refractivity contribution < 1.29 is 32.9 Å². The SMILES string of the molecule is CCS(=O)(=O)Nc1cc(C(C)(C)C)cc(NC(=O)Nc2ccc(OCCN3CCn4c(nnc4-c4ccc(O)cc4O)C3)c3c2CCC3)c1OC. The minimum Gasteiger partial charge on any atom is -0.508 e. The first-order chi connectivity index (χ1) is 24.3. The quantitative estimate of drug-likeness (QED) is 0.134. The van der Waals surface area contributed by atoms with Crippen LogP contribution in [-0.4, -0.2) is 76.9 Å². The Hall–Kier alpha value is -5.02. The van der Waals surface area contributed by atoms with Crippen molar-refractivity contribution in [2.75, 3.05) is 47.9 Å². The van der Waals surface area contributed by atoms with Crippen molar-refractivity contribution in [2.45, 2.75) is 65.5 Å². The number of benzene rings is 3. The number of carbonyl (C=O) groups is 1. The molecule has 0 fully saturated rings. The standard InChI is InChI=1S/C36H45N7O7S/c1-6-51(47,48)41-29-19-22(36(2,3)4)18-28(33(29)49-5)38-35(46)37-27-12-13-31(25-9-7-8-24(25)27)50-17-16-42-14-15-43-32(21-42)39-40-34(43)26-11-10-23(44)20-30(26)45/h10-13,18-20,41,44-45H,6-9,14-17,21H2,1-5H3,(H2,37,38,46). The van der Waals surface area contributed by atoms with Crippen LogP contribution >= 0.6 is 0 Å². The summed E-state index contributed by atoms with van der Waals surface area (Å²) < 4.78 is 41.4. The molecule has 0 radical (unpaired) electrons. The highest BCUT2D eigenvalue weighted by Crippen LogP contribution is 2.40. The van der Waals surface area contributed by atoms with Crippen LogP contribution in [0.15, 0.2) is 42.5 Å². The van der Waals surface area contributed by atoms with Gasteiger partial charge in [-0.15, -0.1) is 10.2 Å². The summed E-state index contributed by atoms with van der Waals surface area (Å²) in [7, 11) is -2.17. The molecule has 14 nitrogen and oxygen atoms in total. The minimum atomic E-state index is -3.60. The summed E-state index contributed by atoms with van der Waals surface area (Å²) in [5.74, 6) is 2.20. The first-order valence-corrected chi connectivity index (χ1v) is 18.7. The molecule has 272 valence electrons. The van der Waals surface area contributed by atoms with Crippen molar-refractivity contribution in [3.8, 4) is 34.4 Å². The predicted molar refractivity (Wildman–Crippen MR) is 195 cm³/mol. The molecule has 0 bridgehead atoms. The molecule has 2 aliphatic rings. The Morgan fingerprint density at radius 1 is 0.961 bits per heavy atom. The molecule has 1 aliphatic carbocycles. The predicted octanol–water partition coefficient (Wildman–Crippen LogP) is 5.45. The Balaban J connectivity index is 1.11. The number of ether oxygens (including phenoxy) is 2.